The molecule has 2 aromatic rings. The number of fused-ring (bicyclic) bond motifs is 3. The Morgan fingerprint density at radius 3 is 3.36 bits per heavy atom. The van der Waals surface area contributed by atoms with Crippen LogP contribution in [-0.4, -0.2) is 27.2 Å². The maximum absolute atomic E-state index is 5.50. The number of pyridine rings is 1. The summed E-state index contributed by atoms with van der Waals surface area (Å²) in [7, 11) is 0.470. The van der Waals surface area contributed by atoms with Crippen LogP contribution in [0.2, 0.25) is 0 Å². The average Bonchev–Trinajstić information content (AvgIpc) is 2.59. The summed E-state index contributed by atoms with van der Waals surface area (Å²) in [4.78, 5) is 8.29. The summed E-state index contributed by atoms with van der Waals surface area (Å²) in [6.45, 7) is 1.86. The number of hydrogen-bond acceptors (Lipinski definition) is 4. The Kier molecular flexibility index (Phi) is 1.39. The van der Waals surface area contributed by atoms with Gasteiger partial charge in [0.05, 0.1) is 6.20 Å². The van der Waals surface area contributed by atoms with Gasteiger partial charge in [0.25, 0.3) is 0 Å². The molecule has 0 radical (unpaired) electrons. The molecule has 0 N–H and O–H groups in total. The highest BCUT2D eigenvalue weighted by atomic mass is 16.4. The van der Waals surface area contributed by atoms with E-state index in [1.54, 1.807) is 17.1 Å². The quantitative estimate of drug-likeness (QED) is 0.512. The van der Waals surface area contributed by atoms with E-state index in [0.717, 1.165) is 23.0 Å². The van der Waals surface area contributed by atoms with Gasteiger partial charge in [0.1, 0.15) is 23.0 Å². The molecule has 6 heteroatoms. The van der Waals surface area contributed by atoms with E-state index in [1.807, 2.05) is 13.0 Å². The Bertz CT molecular complexity index is 496. The summed E-state index contributed by atoms with van der Waals surface area (Å²) in [5, 5.41) is 4.28. The van der Waals surface area contributed by atoms with Crippen LogP contribution in [0.25, 0.3) is 5.69 Å². The highest BCUT2D eigenvalue weighted by Crippen LogP contribution is 2.21. The van der Waals surface area contributed by atoms with Crippen molar-refractivity contribution in [1.82, 2.24) is 19.7 Å². The van der Waals surface area contributed by atoms with E-state index in [-0.39, 0.29) is 0 Å². The lowest BCUT2D eigenvalue weighted by Gasteiger charge is -2.16. The zero-order valence-electron chi connectivity index (χ0n) is 7.64. The molecule has 68 valence electrons. The lowest BCUT2D eigenvalue weighted by Crippen LogP contribution is -2.34. The van der Waals surface area contributed by atoms with Crippen LogP contribution in [0.3, 0.4) is 0 Å². The molecule has 5 nitrogen and oxygen atoms in total. The van der Waals surface area contributed by atoms with E-state index in [2.05, 4.69) is 15.1 Å². The molecule has 0 unspecified atom stereocenters. The standard InChI is InChI=1S/C8H7BN4O/c1-5-11-8-9-14-7-2-3-10-4-6(7)13(8)12-5/h2-4,9H,1H3. The molecule has 1 aliphatic rings. The summed E-state index contributed by atoms with van der Waals surface area (Å²) in [6.07, 6.45) is 3.43. The Labute approximate surface area is 81.0 Å². The van der Waals surface area contributed by atoms with Gasteiger partial charge in [0.15, 0.2) is 0 Å². The van der Waals surface area contributed by atoms with Gasteiger partial charge in [-0.1, -0.05) is 0 Å². The van der Waals surface area contributed by atoms with Crippen molar-refractivity contribution in [3.63, 3.8) is 0 Å². The fraction of sp³-hybridized carbons (Fsp3) is 0.125. The predicted molar refractivity (Wildman–Crippen MR) is 51.3 cm³/mol. The first-order valence-electron chi connectivity index (χ1n) is 4.34. The first kappa shape index (κ1) is 7.55. The molecule has 0 spiro atoms. The van der Waals surface area contributed by atoms with E-state index in [1.165, 1.54) is 0 Å². The maximum atomic E-state index is 5.50. The van der Waals surface area contributed by atoms with Gasteiger partial charge in [-0.25, -0.2) is 9.67 Å². The van der Waals surface area contributed by atoms with Gasteiger partial charge in [0, 0.05) is 6.20 Å². The fourth-order valence-electron chi connectivity index (χ4n) is 1.54. The second-order valence-corrected chi connectivity index (χ2v) is 3.12. The van der Waals surface area contributed by atoms with Crippen LogP contribution in [0, 0.1) is 6.92 Å². The van der Waals surface area contributed by atoms with Gasteiger partial charge in [-0.05, 0) is 13.0 Å². The van der Waals surface area contributed by atoms with Crippen LogP contribution >= 0.6 is 0 Å². The minimum atomic E-state index is 0.470. The highest BCUT2D eigenvalue weighted by Gasteiger charge is 2.20. The van der Waals surface area contributed by atoms with Crippen molar-refractivity contribution in [1.29, 1.82) is 0 Å². The molecule has 3 rings (SSSR count). The van der Waals surface area contributed by atoms with Crippen molar-refractivity contribution in [2.24, 2.45) is 0 Å². The molecule has 0 aromatic carbocycles. The van der Waals surface area contributed by atoms with Crippen LogP contribution in [0.4, 0.5) is 0 Å². The van der Waals surface area contributed by atoms with Crippen molar-refractivity contribution >= 4 is 13.2 Å². The number of aromatic nitrogens is 4. The Balaban J connectivity index is 2.28. The molecule has 1 aliphatic heterocycles. The number of nitrogens with zero attached hydrogens (tertiary/aromatic N) is 4. The van der Waals surface area contributed by atoms with Crippen LogP contribution in [-0.2, 0) is 0 Å². The summed E-state index contributed by atoms with van der Waals surface area (Å²) in [5.74, 6) is 1.55. The summed E-state index contributed by atoms with van der Waals surface area (Å²) < 4.78 is 7.28. The third-order valence-electron chi connectivity index (χ3n) is 2.13. The molecule has 3 heterocycles. The number of aryl methyl sites for hydroxylation is 1. The average molecular weight is 186 g/mol. The molecule has 0 aliphatic carbocycles. The molecular formula is C8H7BN4O. The largest absolute Gasteiger partial charge is 0.554 e. The van der Waals surface area contributed by atoms with Crippen molar-refractivity contribution in [2.45, 2.75) is 6.92 Å². The number of hydrogen-bond donors (Lipinski definition) is 0. The fourth-order valence-corrected chi connectivity index (χ4v) is 1.54. The van der Waals surface area contributed by atoms with E-state index in [4.69, 9.17) is 4.65 Å². The first-order valence-corrected chi connectivity index (χ1v) is 4.34. The van der Waals surface area contributed by atoms with E-state index in [9.17, 15) is 0 Å². The zero-order valence-corrected chi connectivity index (χ0v) is 7.64. The first-order chi connectivity index (χ1) is 6.84. The van der Waals surface area contributed by atoms with E-state index >= 15 is 0 Å². The molecule has 0 bridgehead atoms. The van der Waals surface area contributed by atoms with Crippen LogP contribution in [0.15, 0.2) is 18.5 Å². The second kappa shape index (κ2) is 2.57. The van der Waals surface area contributed by atoms with Crippen molar-refractivity contribution in [3.8, 4) is 11.4 Å². The molecule has 0 amide bonds. The zero-order chi connectivity index (χ0) is 9.54. The normalized spacial score (nSPS) is 12.4. The molecule has 0 saturated carbocycles. The van der Waals surface area contributed by atoms with Gasteiger partial charge < -0.3 is 4.65 Å². The lowest BCUT2D eigenvalue weighted by molar-refractivity contribution is 0.577. The monoisotopic (exact) mass is 186 g/mol. The third kappa shape index (κ3) is 0.936. The summed E-state index contributed by atoms with van der Waals surface area (Å²) in [5.41, 5.74) is 1.68. The SMILES string of the molecule is Cc1nc2n(n1)-c1cnccc1OB2. The number of rotatable bonds is 0. The molecule has 0 saturated heterocycles. The van der Waals surface area contributed by atoms with Crippen molar-refractivity contribution in [2.75, 3.05) is 0 Å². The highest BCUT2D eigenvalue weighted by molar-refractivity contribution is 6.46. The molecule has 0 fully saturated rings. The van der Waals surface area contributed by atoms with Gasteiger partial charge in [-0.3, -0.25) is 4.98 Å². The Morgan fingerprint density at radius 1 is 1.50 bits per heavy atom. The topological polar surface area (TPSA) is 52.8 Å². The van der Waals surface area contributed by atoms with Gasteiger partial charge >= 0.3 is 7.48 Å². The van der Waals surface area contributed by atoms with Gasteiger partial charge in [-0.2, -0.15) is 5.10 Å². The summed E-state index contributed by atoms with van der Waals surface area (Å²) in [6, 6.07) is 1.83. The lowest BCUT2D eigenvalue weighted by atomic mass is 9.98. The maximum Gasteiger partial charge on any atom is 0.414 e. The molecule has 2 aromatic heterocycles. The van der Waals surface area contributed by atoms with Crippen LogP contribution < -0.4 is 10.4 Å². The third-order valence-corrected chi connectivity index (χ3v) is 2.13. The minimum absolute atomic E-state index is 0.470. The smallest absolute Gasteiger partial charge is 0.414 e. The molecular weight excluding hydrogens is 179 g/mol. The molecule has 14 heavy (non-hydrogen) atoms. The van der Waals surface area contributed by atoms with Crippen molar-refractivity contribution in [3.05, 3.63) is 24.3 Å². The van der Waals surface area contributed by atoms with Gasteiger partial charge in [-0.15, -0.1) is 0 Å². The summed E-state index contributed by atoms with van der Waals surface area (Å²) >= 11 is 0. The predicted octanol–water partition coefficient (Wildman–Crippen LogP) is -0.660. The molecule has 0 atom stereocenters. The van der Waals surface area contributed by atoms with Crippen LogP contribution in [0.5, 0.6) is 5.75 Å². The van der Waals surface area contributed by atoms with Crippen molar-refractivity contribution < 1.29 is 4.65 Å². The Morgan fingerprint density at radius 2 is 2.43 bits per heavy atom. The Hall–Kier alpha value is -1.85. The minimum Gasteiger partial charge on any atom is -0.554 e. The second-order valence-electron chi connectivity index (χ2n) is 3.12. The van der Waals surface area contributed by atoms with Gasteiger partial charge in [0.2, 0.25) is 0 Å². The van der Waals surface area contributed by atoms with E-state index in [0.29, 0.717) is 7.48 Å². The van der Waals surface area contributed by atoms with E-state index < -0.39 is 0 Å². The van der Waals surface area contributed by atoms with Crippen LogP contribution in [0.1, 0.15) is 5.82 Å².